The van der Waals surface area contributed by atoms with Crippen molar-refractivity contribution in [1.82, 2.24) is 0 Å². The Hall–Kier alpha value is -3.08. The van der Waals surface area contributed by atoms with Crippen molar-refractivity contribution in [2.24, 2.45) is 0 Å². The van der Waals surface area contributed by atoms with Crippen LogP contribution in [0.1, 0.15) is 11.1 Å². The smallest absolute Gasteiger partial charge is 0.122 e. The van der Waals surface area contributed by atoms with Gasteiger partial charge in [0.15, 0.2) is 0 Å². The van der Waals surface area contributed by atoms with Crippen LogP contribution in [0.3, 0.4) is 0 Å². The lowest BCUT2D eigenvalue weighted by Crippen LogP contribution is -2.08. The molecule has 0 aliphatic carbocycles. The number of aliphatic hydroxyl groups excluding tert-OH is 2. The Labute approximate surface area is 163 Å². The van der Waals surface area contributed by atoms with Crippen molar-refractivity contribution in [1.29, 1.82) is 0 Å². The lowest BCUT2D eigenvalue weighted by molar-refractivity contribution is 0.217. The highest BCUT2D eigenvalue weighted by atomic mass is 16.5. The third kappa shape index (κ3) is 4.09. The Balaban J connectivity index is 1.35. The third-order valence-electron chi connectivity index (χ3n) is 4.74. The minimum absolute atomic E-state index is 0.0445. The van der Waals surface area contributed by atoms with E-state index < -0.39 is 0 Å². The molecule has 0 atom stereocenters. The van der Waals surface area contributed by atoms with Crippen LogP contribution in [0, 0.1) is 0 Å². The second kappa shape index (κ2) is 8.30. The first-order valence-corrected chi connectivity index (χ1v) is 9.28. The van der Waals surface area contributed by atoms with Crippen LogP contribution in [0.5, 0.6) is 11.5 Å². The Morgan fingerprint density at radius 3 is 1.32 bits per heavy atom. The summed E-state index contributed by atoms with van der Waals surface area (Å²) in [5.74, 6) is 1.59. The zero-order valence-electron chi connectivity index (χ0n) is 15.5. The normalized spacial score (nSPS) is 11.1. The summed E-state index contributed by atoms with van der Waals surface area (Å²) in [7, 11) is 0. The zero-order valence-corrected chi connectivity index (χ0v) is 15.5. The monoisotopic (exact) mass is 374 g/mol. The molecule has 0 heterocycles. The van der Waals surface area contributed by atoms with Crippen molar-refractivity contribution >= 4 is 21.5 Å². The Morgan fingerprint density at radius 1 is 0.500 bits per heavy atom. The van der Waals surface area contributed by atoms with Gasteiger partial charge in [0, 0.05) is 0 Å². The molecule has 0 saturated heterocycles. The molecular formula is C24H22O4. The molecule has 0 aromatic heterocycles. The molecule has 4 nitrogen and oxygen atoms in total. The Kier molecular flexibility index (Phi) is 5.42. The van der Waals surface area contributed by atoms with Crippen LogP contribution < -0.4 is 9.47 Å². The standard InChI is InChI=1S/C24H22O4/c25-15-17-1-3-21-13-23(7-5-19(21)11-17)27-9-10-28-24-8-6-20-12-18(16-26)2-4-22(20)14-24/h1-8,11-14,25-26H,9-10,15-16H2. The summed E-state index contributed by atoms with van der Waals surface area (Å²) in [6, 6.07) is 23.6. The largest absolute Gasteiger partial charge is 0.490 e. The van der Waals surface area contributed by atoms with E-state index in [9.17, 15) is 10.2 Å². The maximum Gasteiger partial charge on any atom is 0.122 e. The molecule has 4 rings (SSSR count). The van der Waals surface area contributed by atoms with Gasteiger partial charge in [-0.2, -0.15) is 0 Å². The van der Waals surface area contributed by atoms with E-state index in [1.807, 2.05) is 72.8 Å². The van der Waals surface area contributed by atoms with Crippen molar-refractivity contribution < 1.29 is 19.7 Å². The highest BCUT2D eigenvalue weighted by Crippen LogP contribution is 2.24. The quantitative estimate of drug-likeness (QED) is 0.470. The van der Waals surface area contributed by atoms with Gasteiger partial charge in [-0.05, 0) is 69.1 Å². The Bertz CT molecular complexity index is 1010. The van der Waals surface area contributed by atoms with Gasteiger partial charge in [-0.25, -0.2) is 0 Å². The number of rotatable bonds is 7. The molecule has 0 amide bonds. The topological polar surface area (TPSA) is 58.9 Å². The van der Waals surface area contributed by atoms with E-state index in [0.717, 1.165) is 44.2 Å². The minimum Gasteiger partial charge on any atom is -0.490 e. The first-order chi connectivity index (χ1) is 13.7. The maximum absolute atomic E-state index is 9.22. The summed E-state index contributed by atoms with van der Waals surface area (Å²) in [5.41, 5.74) is 1.80. The van der Waals surface area contributed by atoms with Crippen LogP contribution in [0.2, 0.25) is 0 Å². The Morgan fingerprint density at radius 2 is 0.893 bits per heavy atom. The third-order valence-corrected chi connectivity index (χ3v) is 4.74. The fraction of sp³-hybridized carbons (Fsp3) is 0.167. The molecule has 0 fully saturated rings. The van der Waals surface area contributed by atoms with Crippen molar-refractivity contribution in [2.75, 3.05) is 13.2 Å². The van der Waals surface area contributed by atoms with Crippen LogP contribution >= 0.6 is 0 Å². The highest BCUT2D eigenvalue weighted by Gasteiger charge is 2.02. The van der Waals surface area contributed by atoms with Gasteiger partial charge in [-0.1, -0.05) is 36.4 Å². The number of ether oxygens (including phenoxy) is 2. The molecule has 4 aromatic carbocycles. The first kappa shape index (κ1) is 18.3. The summed E-state index contributed by atoms with van der Waals surface area (Å²) >= 11 is 0. The van der Waals surface area contributed by atoms with E-state index in [2.05, 4.69) is 0 Å². The van der Waals surface area contributed by atoms with E-state index in [1.54, 1.807) is 0 Å². The average molecular weight is 374 g/mol. The molecule has 0 aliphatic heterocycles. The number of aliphatic hydroxyl groups is 2. The highest BCUT2D eigenvalue weighted by molar-refractivity contribution is 5.85. The van der Waals surface area contributed by atoms with Crippen molar-refractivity contribution in [2.45, 2.75) is 13.2 Å². The number of hydrogen-bond donors (Lipinski definition) is 2. The number of benzene rings is 4. The van der Waals surface area contributed by atoms with Crippen molar-refractivity contribution in [3.05, 3.63) is 83.9 Å². The van der Waals surface area contributed by atoms with Crippen LogP contribution in [-0.4, -0.2) is 23.4 Å². The summed E-state index contributed by atoms with van der Waals surface area (Å²) in [4.78, 5) is 0. The van der Waals surface area contributed by atoms with Gasteiger partial charge < -0.3 is 19.7 Å². The van der Waals surface area contributed by atoms with Crippen LogP contribution in [0.25, 0.3) is 21.5 Å². The van der Waals surface area contributed by atoms with Gasteiger partial charge in [-0.15, -0.1) is 0 Å². The number of fused-ring (bicyclic) bond motifs is 2. The maximum atomic E-state index is 9.22. The lowest BCUT2D eigenvalue weighted by Gasteiger charge is -2.10. The van der Waals surface area contributed by atoms with Crippen LogP contribution in [-0.2, 0) is 13.2 Å². The summed E-state index contributed by atoms with van der Waals surface area (Å²) in [6.45, 7) is 0.981. The van der Waals surface area contributed by atoms with E-state index in [4.69, 9.17) is 9.47 Å². The molecule has 142 valence electrons. The zero-order chi connectivity index (χ0) is 19.3. The van der Waals surface area contributed by atoms with E-state index >= 15 is 0 Å². The van der Waals surface area contributed by atoms with Gasteiger partial charge in [0.05, 0.1) is 13.2 Å². The molecule has 0 aliphatic rings. The molecule has 0 radical (unpaired) electrons. The fourth-order valence-electron chi connectivity index (χ4n) is 3.24. The SMILES string of the molecule is OCc1ccc2cc(OCCOc3ccc4cc(CO)ccc4c3)ccc2c1. The van der Waals surface area contributed by atoms with Gasteiger partial charge in [-0.3, -0.25) is 0 Å². The molecular weight excluding hydrogens is 352 g/mol. The predicted molar refractivity (Wildman–Crippen MR) is 111 cm³/mol. The van der Waals surface area contributed by atoms with Crippen LogP contribution in [0.15, 0.2) is 72.8 Å². The summed E-state index contributed by atoms with van der Waals surface area (Å²) in [5, 5.41) is 22.8. The van der Waals surface area contributed by atoms with E-state index in [0.29, 0.717) is 13.2 Å². The van der Waals surface area contributed by atoms with E-state index in [-0.39, 0.29) is 13.2 Å². The molecule has 0 spiro atoms. The molecule has 4 aromatic rings. The van der Waals surface area contributed by atoms with Crippen LogP contribution in [0.4, 0.5) is 0 Å². The van der Waals surface area contributed by atoms with Gasteiger partial charge in [0.25, 0.3) is 0 Å². The molecule has 28 heavy (non-hydrogen) atoms. The molecule has 0 unspecified atom stereocenters. The van der Waals surface area contributed by atoms with Gasteiger partial charge in [0.1, 0.15) is 24.7 Å². The minimum atomic E-state index is 0.0445. The fourth-order valence-corrected chi connectivity index (χ4v) is 3.24. The van der Waals surface area contributed by atoms with Gasteiger partial charge in [0.2, 0.25) is 0 Å². The van der Waals surface area contributed by atoms with Crippen molar-refractivity contribution in [3.63, 3.8) is 0 Å². The van der Waals surface area contributed by atoms with Crippen molar-refractivity contribution in [3.8, 4) is 11.5 Å². The second-order valence-corrected chi connectivity index (χ2v) is 6.70. The summed E-state index contributed by atoms with van der Waals surface area (Å²) < 4.78 is 11.6. The lowest BCUT2D eigenvalue weighted by atomic mass is 10.1. The predicted octanol–water partition coefficient (Wildman–Crippen LogP) is 4.44. The second-order valence-electron chi connectivity index (χ2n) is 6.70. The molecule has 2 N–H and O–H groups in total. The molecule has 0 saturated carbocycles. The molecule has 4 heteroatoms. The average Bonchev–Trinajstić information content (AvgIpc) is 2.75. The first-order valence-electron chi connectivity index (χ1n) is 9.28. The number of hydrogen-bond acceptors (Lipinski definition) is 4. The summed E-state index contributed by atoms with van der Waals surface area (Å²) in [6.07, 6.45) is 0. The van der Waals surface area contributed by atoms with Gasteiger partial charge >= 0.3 is 0 Å². The van der Waals surface area contributed by atoms with E-state index in [1.165, 1.54) is 0 Å². The molecule has 0 bridgehead atoms.